The van der Waals surface area contributed by atoms with Crippen LogP contribution in [-0.4, -0.2) is 29.6 Å². The SMILES string of the molecule is CCn1c(=NC(=O)C=Cc2ccc([N+](=O)[O-])s2)sc2c(OC)ccc(OC)c21. The fraction of sp³-hybridized carbons (Fsp3) is 0.222. The van der Waals surface area contributed by atoms with Crippen LogP contribution in [0.3, 0.4) is 0 Å². The van der Waals surface area contributed by atoms with Gasteiger partial charge >= 0.3 is 5.00 Å². The number of hydrogen-bond donors (Lipinski definition) is 0. The number of thiazole rings is 1. The molecule has 0 aliphatic carbocycles. The summed E-state index contributed by atoms with van der Waals surface area (Å²) in [6.45, 7) is 2.55. The van der Waals surface area contributed by atoms with Gasteiger partial charge < -0.3 is 14.0 Å². The van der Waals surface area contributed by atoms with Crippen molar-refractivity contribution < 1.29 is 19.2 Å². The quantitative estimate of drug-likeness (QED) is 0.343. The third-order valence-electron chi connectivity index (χ3n) is 3.90. The molecule has 10 heteroatoms. The summed E-state index contributed by atoms with van der Waals surface area (Å²) in [6.07, 6.45) is 2.82. The molecule has 0 aliphatic rings. The van der Waals surface area contributed by atoms with Crippen LogP contribution in [0.2, 0.25) is 0 Å². The van der Waals surface area contributed by atoms with Gasteiger partial charge in [-0.3, -0.25) is 14.9 Å². The van der Waals surface area contributed by atoms with Crippen molar-refractivity contribution in [1.29, 1.82) is 0 Å². The van der Waals surface area contributed by atoms with Gasteiger partial charge in [-0.25, -0.2) is 0 Å². The van der Waals surface area contributed by atoms with E-state index in [2.05, 4.69) is 4.99 Å². The Morgan fingerprint density at radius 1 is 1.21 bits per heavy atom. The molecule has 2 heterocycles. The third kappa shape index (κ3) is 3.82. The molecular weight excluding hydrogens is 402 g/mol. The van der Waals surface area contributed by atoms with E-state index in [4.69, 9.17) is 9.47 Å². The minimum atomic E-state index is -0.462. The van der Waals surface area contributed by atoms with Crippen molar-refractivity contribution in [3.05, 3.63) is 50.1 Å². The first-order chi connectivity index (χ1) is 13.5. The fourth-order valence-electron chi connectivity index (χ4n) is 2.65. The lowest BCUT2D eigenvalue weighted by Crippen LogP contribution is -2.15. The number of aromatic nitrogens is 1. The zero-order valence-electron chi connectivity index (χ0n) is 15.4. The van der Waals surface area contributed by atoms with Crippen LogP contribution in [0.1, 0.15) is 11.8 Å². The summed E-state index contributed by atoms with van der Waals surface area (Å²) in [5.74, 6) is 0.894. The molecule has 0 aliphatic heterocycles. The Balaban J connectivity index is 2.01. The molecule has 0 fully saturated rings. The number of methoxy groups -OCH3 is 2. The summed E-state index contributed by atoms with van der Waals surface area (Å²) in [4.78, 5) is 27.9. The molecule has 0 unspecified atom stereocenters. The van der Waals surface area contributed by atoms with Crippen LogP contribution < -0.4 is 14.3 Å². The van der Waals surface area contributed by atoms with Gasteiger partial charge in [0.1, 0.15) is 21.7 Å². The number of carbonyl (C=O) groups excluding carboxylic acids is 1. The molecule has 1 amide bonds. The number of carbonyl (C=O) groups is 1. The minimum Gasteiger partial charge on any atom is -0.495 e. The number of hydrogen-bond acceptors (Lipinski definition) is 7. The van der Waals surface area contributed by atoms with E-state index in [0.29, 0.717) is 27.7 Å². The predicted octanol–water partition coefficient (Wildman–Crippen LogP) is 3.85. The third-order valence-corrected chi connectivity index (χ3v) is 5.99. The van der Waals surface area contributed by atoms with Crippen LogP contribution in [0.25, 0.3) is 16.3 Å². The van der Waals surface area contributed by atoms with Crippen LogP contribution in [0.15, 0.2) is 35.3 Å². The molecule has 3 aromatic rings. The Morgan fingerprint density at radius 2 is 1.93 bits per heavy atom. The number of thiophene rings is 1. The van der Waals surface area contributed by atoms with E-state index in [0.717, 1.165) is 21.6 Å². The number of nitrogens with zero attached hydrogens (tertiary/aromatic N) is 3. The van der Waals surface area contributed by atoms with Crippen molar-refractivity contribution in [3.63, 3.8) is 0 Å². The minimum absolute atomic E-state index is 0.0246. The Kier molecular flexibility index (Phi) is 5.90. The van der Waals surface area contributed by atoms with Gasteiger partial charge in [-0.1, -0.05) is 22.7 Å². The Hall–Kier alpha value is -2.98. The molecule has 1 aromatic carbocycles. The van der Waals surface area contributed by atoms with Crippen molar-refractivity contribution in [2.24, 2.45) is 4.99 Å². The average molecular weight is 419 g/mol. The number of aryl methyl sites for hydroxylation is 1. The zero-order valence-corrected chi connectivity index (χ0v) is 17.0. The summed E-state index contributed by atoms with van der Waals surface area (Å²) in [6, 6.07) is 6.62. The van der Waals surface area contributed by atoms with Crippen molar-refractivity contribution in [2.75, 3.05) is 14.2 Å². The lowest BCUT2D eigenvalue weighted by atomic mass is 10.3. The highest BCUT2D eigenvalue weighted by molar-refractivity contribution is 7.17. The molecule has 0 spiro atoms. The smallest absolute Gasteiger partial charge is 0.324 e. The summed E-state index contributed by atoms with van der Waals surface area (Å²) >= 11 is 2.33. The second kappa shape index (κ2) is 8.36. The van der Waals surface area contributed by atoms with Gasteiger partial charge in [-0.05, 0) is 31.2 Å². The fourth-order valence-corrected chi connectivity index (χ4v) is 4.58. The van der Waals surface area contributed by atoms with Crippen LogP contribution in [0.5, 0.6) is 11.5 Å². The summed E-state index contributed by atoms with van der Waals surface area (Å²) in [5, 5.41) is 10.8. The summed E-state index contributed by atoms with van der Waals surface area (Å²) in [5.41, 5.74) is 0.818. The zero-order chi connectivity index (χ0) is 20.3. The maximum absolute atomic E-state index is 12.3. The van der Waals surface area contributed by atoms with E-state index >= 15 is 0 Å². The number of amides is 1. The number of rotatable bonds is 6. The topological polar surface area (TPSA) is 96.0 Å². The first-order valence-corrected chi connectivity index (χ1v) is 9.87. The van der Waals surface area contributed by atoms with E-state index in [1.807, 2.05) is 23.6 Å². The van der Waals surface area contributed by atoms with E-state index in [9.17, 15) is 14.9 Å². The van der Waals surface area contributed by atoms with Gasteiger partial charge in [0.25, 0.3) is 5.91 Å². The molecule has 146 valence electrons. The van der Waals surface area contributed by atoms with Crippen LogP contribution in [0, 0.1) is 10.1 Å². The summed E-state index contributed by atoms with van der Waals surface area (Å²) < 4.78 is 13.6. The Morgan fingerprint density at radius 3 is 2.54 bits per heavy atom. The molecule has 0 N–H and O–H groups in total. The molecule has 3 rings (SSSR count). The van der Waals surface area contributed by atoms with Gasteiger partial charge in [-0.15, -0.1) is 0 Å². The van der Waals surface area contributed by atoms with Crippen molar-refractivity contribution in [2.45, 2.75) is 13.5 Å². The van der Waals surface area contributed by atoms with Gasteiger partial charge in [0.15, 0.2) is 4.80 Å². The highest BCUT2D eigenvalue weighted by Crippen LogP contribution is 2.35. The van der Waals surface area contributed by atoms with Crippen molar-refractivity contribution >= 4 is 49.9 Å². The maximum atomic E-state index is 12.3. The van der Waals surface area contributed by atoms with Crippen LogP contribution in [0.4, 0.5) is 5.00 Å². The molecular formula is C18H17N3O5S2. The average Bonchev–Trinajstić information content (AvgIpc) is 3.30. The Bertz CT molecular complexity index is 1140. The largest absolute Gasteiger partial charge is 0.495 e. The predicted molar refractivity (Wildman–Crippen MR) is 109 cm³/mol. The van der Waals surface area contributed by atoms with Crippen molar-refractivity contribution in [1.82, 2.24) is 4.57 Å². The maximum Gasteiger partial charge on any atom is 0.324 e. The first-order valence-electron chi connectivity index (χ1n) is 8.23. The normalized spacial score (nSPS) is 12.0. The molecule has 0 atom stereocenters. The molecule has 2 aromatic heterocycles. The van der Waals surface area contributed by atoms with Crippen molar-refractivity contribution in [3.8, 4) is 11.5 Å². The number of benzene rings is 1. The van der Waals surface area contributed by atoms with E-state index in [1.54, 1.807) is 20.3 Å². The molecule has 8 nitrogen and oxygen atoms in total. The highest BCUT2D eigenvalue weighted by atomic mass is 32.1. The Labute approximate surface area is 168 Å². The monoisotopic (exact) mass is 419 g/mol. The van der Waals surface area contributed by atoms with Gasteiger partial charge in [0, 0.05) is 23.6 Å². The summed E-state index contributed by atoms with van der Waals surface area (Å²) in [7, 11) is 3.17. The standard InChI is InChI=1S/C18H17N3O5S2/c1-4-20-16-12(25-2)7-8-13(26-3)17(16)28-18(20)19-14(22)9-5-11-6-10-15(27-11)21(23)24/h5-10H,4H2,1-3H3. The number of nitro groups is 1. The number of fused-ring (bicyclic) bond motifs is 1. The lowest BCUT2D eigenvalue weighted by molar-refractivity contribution is -0.380. The highest BCUT2D eigenvalue weighted by Gasteiger charge is 2.15. The first kappa shape index (κ1) is 19.8. The molecule has 0 radical (unpaired) electrons. The molecule has 0 bridgehead atoms. The van der Waals surface area contributed by atoms with E-state index < -0.39 is 10.8 Å². The van der Waals surface area contributed by atoms with Gasteiger partial charge in [-0.2, -0.15) is 4.99 Å². The van der Waals surface area contributed by atoms with Gasteiger partial charge in [0.2, 0.25) is 0 Å². The van der Waals surface area contributed by atoms with Gasteiger partial charge in [0.05, 0.1) is 19.1 Å². The van der Waals surface area contributed by atoms with Crippen LogP contribution in [-0.2, 0) is 11.3 Å². The molecule has 0 saturated carbocycles. The van der Waals surface area contributed by atoms with E-state index in [-0.39, 0.29) is 5.00 Å². The second-order valence-electron chi connectivity index (χ2n) is 5.49. The van der Waals surface area contributed by atoms with Crippen LogP contribution >= 0.6 is 22.7 Å². The lowest BCUT2D eigenvalue weighted by Gasteiger charge is -2.08. The molecule has 0 saturated heterocycles. The number of ether oxygens (including phenoxy) is 2. The molecule has 28 heavy (non-hydrogen) atoms. The van der Waals surface area contributed by atoms with E-state index in [1.165, 1.54) is 29.6 Å². The second-order valence-corrected chi connectivity index (χ2v) is 7.56.